The monoisotopic (exact) mass is 434 g/mol. The number of allylic oxidation sites excluding steroid dienone is 2. The van der Waals surface area contributed by atoms with Gasteiger partial charge in [0.05, 0.1) is 0 Å². The van der Waals surface area contributed by atoms with Crippen molar-refractivity contribution in [2.45, 2.75) is 35.6 Å². The van der Waals surface area contributed by atoms with E-state index in [0.29, 0.717) is 40.3 Å². The number of amides is 1. The van der Waals surface area contributed by atoms with E-state index >= 15 is 0 Å². The van der Waals surface area contributed by atoms with Crippen molar-refractivity contribution in [2.75, 3.05) is 5.32 Å². The average molecular weight is 435 g/mol. The normalized spacial score (nSPS) is 18.2. The molecule has 0 radical (unpaired) electrons. The van der Waals surface area contributed by atoms with Crippen molar-refractivity contribution in [3.63, 3.8) is 0 Å². The van der Waals surface area contributed by atoms with Gasteiger partial charge in [0.15, 0.2) is 0 Å². The first-order valence-electron chi connectivity index (χ1n) is 9.13. The van der Waals surface area contributed by atoms with Gasteiger partial charge in [0, 0.05) is 34.1 Å². The largest absolute Gasteiger partial charge is 0.326 e. The van der Waals surface area contributed by atoms with Crippen LogP contribution in [0.2, 0.25) is 5.02 Å². The van der Waals surface area contributed by atoms with Gasteiger partial charge in [-0.2, -0.15) is 8.78 Å². The zero-order chi connectivity index (χ0) is 20.7. The summed E-state index contributed by atoms with van der Waals surface area (Å²) >= 11 is 6.41. The van der Waals surface area contributed by atoms with Crippen LogP contribution in [-0.2, 0) is 11.3 Å². The number of carbonyl (C=O) groups is 1. The molecule has 1 unspecified atom stereocenters. The van der Waals surface area contributed by atoms with Crippen LogP contribution in [0.25, 0.3) is 0 Å². The minimum absolute atomic E-state index is 0.150. The minimum Gasteiger partial charge on any atom is -0.326 e. The van der Waals surface area contributed by atoms with E-state index in [1.165, 1.54) is 0 Å². The molecular formula is C22H21ClF2N2OS. The number of thioether (sulfide) groups is 1. The number of benzene rings is 2. The first-order valence-corrected chi connectivity index (χ1v) is 10.4. The van der Waals surface area contributed by atoms with Gasteiger partial charge in [0.25, 0.3) is 5.76 Å². The second-order valence-corrected chi connectivity index (χ2v) is 8.26. The highest BCUT2D eigenvalue weighted by molar-refractivity contribution is 7.99. The maximum Gasteiger partial charge on any atom is 0.288 e. The van der Waals surface area contributed by atoms with Crippen molar-refractivity contribution in [3.05, 3.63) is 83.4 Å². The van der Waals surface area contributed by atoms with Crippen LogP contribution in [0.15, 0.2) is 77.7 Å². The molecule has 29 heavy (non-hydrogen) atoms. The van der Waals surface area contributed by atoms with Gasteiger partial charge in [-0.25, -0.2) is 0 Å². The fourth-order valence-electron chi connectivity index (χ4n) is 3.08. The quantitative estimate of drug-likeness (QED) is 0.498. The number of hydrogen-bond donors (Lipinski definition) is 2. The summed E-state index contributed by atoms with van der Waals surface area (Å²) in [5.41, 5.74) is 1.16. The molecule has 1 aliphatic rings. The van der Waals surface area contributed by atoms with E-state index in [1.54, 1.807) is 24.3 Å². The van der Waals surface area contributed by atoms with Gasteiger partial charge in [-0.05, 0) is 48.4 Å². The predicted octanol–water partition coefficient (Wildman–Crippen LogP) is 6.03. The number of rotatable bonds is 8. The van der Waals surface area contributed by atoms with Gasteiger partial charge in [-0.3, -0.25) is 4.79 Å². The van der Waals surface area contributed by atoms with Crippen molar-refractivity contribution in [2.24, 2.45) is 0 Å². The Labute approximate surface area is 178 Å². The summed E-state index contributed by atoms with van der Waals surface area (Å²) in [7, 11) is 0. The van der Waals surface area contributed by atoms with Gasteiger partial charge in [0.1, 0.15) is 0 Å². The third kappa shape index (κ3) is 6.70. The summed E-state index contributed by atoms with van der Waals surface area (Å²) in [5, 5.41) is 7.02. The highest BCUT2D eigenvalue weighted by Crippen LogP contribution is 2.27. The maximum absolute atomic E-state index is 12.7. The van der Waals surface area contributed by atoms with E-state index in [2.05, 4.69) is 10.6 Å². The first kappa shape index (κ1) is 21.6. The lowest BCUT2D eigenvalue weighted by molar-refractivity contribution is -0.117. The summed E-state index contributed by atoms with van der Waals surface area (Å²) in [4.78, 5) is 13.1. The van der Waals surface area contributed by atoms with Crippen LogP contribution in [0.5, 0.6) is 0 Å². The summed E-state index contributed by atoms with van der Waals surface area (Å²) in [6.45, 7) is 0.599. The number of nitrogens with one attached hydrogen (secondary N) is 2. The Morgan fingerprint density at radius 1 is 1.10 bits per heavy atom. The Morgan fingerprint density at radius 2 is 1.83 bits per heavy atom. The Kier molecular flexibility index (Phi) is 7.47. The van der Waals surface area contributed by atoms with E-state index in [1.807, 2.05) is 48.6 Å². The van der Waals surface area contributed by atoms with E-state index in [0.717, 1.165) is 5.56 Å². The van der Waals surface area contributed by atoms with Crippen molar-refractivity contribution in [1.29, 1.82) is 0 Å². The van der Waals surface area contributed by atoms with Crippen molar-refractivity contribution < 1.29 is 13.6 Å². The molecule has 0 saturated heterocycles. The van der Waals surface area contributed by atoms with E-state index in [-0.39, 0.29) is 12.3 Å². The molecular weight excluding hydrogens is 414 g/mol. The molecule has 2 N–H and O–H groups in total. The van der Waals surface area contributed by atoms with E-state index in [9.17, 15) is 13.6 Å². The number of alkyl halides is 2. The molecule has 3 nitrogen and oxygen atoms in total. The third-order valence-electron chi connectivity index (χ3n) is 4.54. The molecule has 0 fully saturated rings. The molecule has 0 heterocycles. The van der Waals surface area contributed by atoms with Gasteiger partial charge in [-0.15, -0.1) is 0 Å². The topological polar surface area (TPSA) is 41.1 Å². The van der Waals surface area contributed by atoms with Crippen LogP contribution < -0.4 is 10.6 Å². The molecule has 0 saturated carbocycles. The highest BCUT2D eigenvalue weighted by atomic mass is 35.5. The molecule has 1 amide bonds. The molecule has 0 spiro atoms. The Balaban J connectivity index is 1.61. The summed E-state index contributed by atoms with van der Waals surface area (Å²) < 4.78 is 24.8. The highest BCUT2D eigenvalue weighted by Gasteiger charge is 2.29. The van der Waals surface area contributed by atoms with Crippen LogP contribution in [0, 0.1) is 0 Å². The molecule has 1 aliphatic carbocycles. The predicted molar refractivity (Wildman–Crippen MR) is 115 cm³/mol. The van der Waals surface area contributed by atoms with Crippen molar-refractivity contribution in [3.8, 4) is 0 Å². The number of anilines is 1. The van der Waals surface area contributed by atoms with Crippen molar-refractivity contribution >= 4 is 35.0 Å². The van der Waals surface area contributed by atoms with Crippen LogP contribution in [0.3, 0.4) is 0 Å². The molecule has 1 atom stereocenters. The van der Waals surface area contributed by atoms with Crippen LogP contribution in [-0.4, -0.2) is 17.2 Å². The number of hydrogen-bond acceptors (Lipinski definition) is 3. The molecule has 0 bridgehead atoms. The number of halogens is 3. The Hall–Kier alpha value is -2.15. The minimum atomic E-state index is -2.46. The second-order valence-electron chi connectivity index (χ2n) is 6.76. The molecule has 2 aromatic carbocycles. The zero-order valence-electron chi connectivity index (χ0n) is 15.6. The molecule has 0 aromatic heterocycles. The van der Waals surface area contributed by atoms with Gasteiger partial charge < -0.3 is 10.6 Å². The first-order chi connectivity index (χ1) is 13.9. The average Bonchev–Trinajstić information content (AvgIpc) is 2.69. The van der Waals surface area contributed by atoms with Gasteiger partial charge >= 0.3 is 0 Å². The lowest BCUT2D eigenvalue weighted by Crippen LogP contribution is -2.46. The van der Waals surface area contributed by atoms with E-state index in [4.69, 9.17) is 11.6 Å². The smallest absolute Gasteiger partial charge is 0.288 e. The van der Waals surface area contributed by atoms with E-state index < -0.39 is 11.3 Å². The fraction of sp³-hybridized carbons (Fsp3) is 0.227. The fourth-order valence-corrected chi connectivity index (χ4v) is 3.71. The third-order valence-corrected chi connectivity index (χ3v) is 5.52. The van der Waals surface area contributed by atoms with Crippen LogP contribution in [0.1, 0.15) is 18.4 Å². The van der Waals surface area contributed by atoms with Crippen LogP contribution in [0.4, 0.5) is 14.5 Å². The second kappa shape index (κ2) is 10.1. The van der Waals surface area contributed by atoms with Gasteiger partial charge in [0.2, 0.25) is 5.91 Å². The Bertz CT molecular complexity index is 885. The molecule has 7 heteroatoms. The number of carbonyl (C=O) groups excluding carboxylic acids is 1. The van der Waals surface area contributed by atoms with Crippen LogP contribution >= 0.6 is 23.4 Å². The zero-order valence-corrected chi connectivity index (χ0v) is 17.1. The van der Waals surface area contributed by atoms with Gasteiger partial charge in [-0.1, -0.05) is 59.8 Å². The molecule has 0 aliphatic heterocycles. The molecule has 2 aromatic rings. The lowest BCUT2D eigenvalue weighted by Gasteiger charge is -2.32. The summed E-state index contributed by atoms with van der Waals surface area (Å²) in [6, 6.07) is 14.0. The van der Waals surface area contributed by atoms with Crippen molar-refractivity contribution in [1.82, 2.24) is 5.32 Å². The summed E-state index contributed by atoms with van der Waals surface area (Å²) in [5.74, 6) is -2.61. The Morgan fingerprint density at radius 3 is 2.45 bits per heavy atom. The standard InChI is InChI=1S/C22H21ClF2N2OS/c23-17-6-4-16(5-7-17)15-26-22(12-2-1-3-13-22)14-20(28)27-18-8-10-19(11-9-18)29-21(24)25/h1-12,21,26H,13-15H2,(H,27,28). The summed E-state index contributed by atoms with van der Waals surface area (Å²) in [6.07, 6.45) is 8.86. The maximum atomic E-state index is 12.7. The molecule has 152 valence electrons. The SMILES string of the molecule is O=C(CC1(NCc2ccc(Cl)cc2)C=CC=CC1)Nc1ccc(SC(F)F)cc1. The molecule has 3 rings (SSSR count). The lowest BCUT2D eigenvalue weighted by atomic mass is 9.87.